The number of carbonyl (C=O) groups is 1. The topological polar surface area (TPSA) is 69.9 Å². The highest BCUT2D eigenvalue weighted by Gasteiger charge is 2.26. The Hall–Kier alpha value is -1.66. The smallest absolute Gasteiger partial charge is 0.167 e. The average Bonchev–Trinajstić information content (AvgIpc) is 3.11. The molecule has 3 rings (SSSR count). The minimum Gasteiger partial charge on any atom is -0.488 e. The van der Waals surface area contributed by atoms with Gasteiger partial charge in [-0.25, -0.2) is 4.68 Å². The maximum atomic E-state index is 12.7. The highest BCUT2D eigenvalue weighted by atomic mass is 35.5. The van der Waals surface area contributed by atoms with Crippen LogP contribution in [0.5, 0.6) is 5.75 Å². The summed E-state index contributed by atoms with van der Waals surface area (Å²) >= 11 is 12.6. The molecule has 1 saturated carbocycles. The maximum absolute atomic E-state index is 12.7. The summed E-state index contributed by atoms with van der Waals surface area (Å²) in [6.45, 7) is 0.756. The van der Waals surface area contributed by atoms with Crippen molar-refractivity contribution in [2.24, 2.45) is 5.92 Å². The van der Waals surface area contributed by atoms with Crippen molar-refractivity contribution in [1.29, 1.82) is 0 Å². The molecule has 0 atom stereocenters. The summed E-state index contributed by atoms with van der Waals surface area (Å²) < 4.78 is 7.23. The molecule has 0 unspecified atom stereocenters. The minimum atomic E-state index is 0.0477. The molecule has 2 aromatic rings. The Kier molecular flexibility index (Phi) is 5.68. The Bertz CT molecular complexity index is 700. The molecule has 1 aromatic carbocycles. The van der Waals surface area contributed by atoms with E-state index < -0.39 is 0 Å². The van der Waals surface area contributed by atoms with Crippen molar-refractivity contribution in [1.82, 2.24) is 20.2 Å². The molecule has 1 aliphatic carbocycles. The molecule has 0 amide bonds. The predicted molar refractivity (Wildman–Crippen MR) is 90.7 cm³/mol. The standard InChI is InChI=1S/C16H18Cl2N4O2/c17-13-7-6-12(15(23)11-4-2-1-3-5-11)14(18)16(13)24-9-8-22-10-19-20-21-22/h6-7,10-11H,1-5,8-9H2. The number of nitrogens with zero attached hydrogens (tertiary/aromatic N) is 4. The van der Waals surface area contributed by atoms with Gasteiger partial charge in [-0.1, -0.05) is 42.5 Å². The second-order valence-electron chi connectivity index (χ2n) is 5.86. The van der Waals surface area contributed by atoms with Crippen LogP contribution in [0.3, 0.4) is 0 Å². The Labute approximate surface area is 150 Å². The van der Waals surface area contributed by atoms with Crippen LogP contribution in [0, 0.1) is 5.92 Å². The molecule has 24 heavy (non-hydrogen) atoms. The Morgan fingerprint density at radius 3 is 2.75 bits per heavy atom. The summed E-state index contributed by atoms with van der Waals surface area (Å²) in [5.74, 6) is 0.473. The molecule has 0 bridgehead atoms. The van der Waals surface area contributed by atoms with Gasteiger partial charge in [0.2, 0.25) is 0 Å². The molecule has 6 nitrogen and oxygen atoms in total. The molecule has 1 aliphatic rings. The first-order valence-corrected chi connectivity index (χ1v) is 8.78. The van der Waals surface area contributed by atoms with Crippen molar-refractivity contribution in [3.05, 3.63) is 34.1 Å². The van der Waals surface area contributed by atoms with Gasteiger partial charge >= 0.3 is 0 Å². The monoisotopic (exact) mass is 368 g/mol. The van der Waals surface area contributed by atoms with Crippen molar-refractivity contribution in [2.75, 3.05) is 6.61 Å². The lowest BCUT2D eigenvalue weighted by atomic mass is 9.84. The van der Waals surface area contributed by atoms with Crippen LogP contribution in [-0.2, 0) is 6.54 Å². The molecular weight excluding hydrogens is 351 g/mol. The summed E-state index contributed by atoms with van der Waals surface area (Å²) in [6.07, 6.45) is 6.73. The molecule has 1 fully saturated rings. The van der Waals surface area contributed by atoms with Gasteiger partial charge in [-0.2, -0.15) is 0 Å². The number of benzene rings is 1. The molecule has 0 N–H and O–H groups in total. The van der Waals surface area contributed by atoms with Crippen molar-refractivity contribution < 1.29 is 9.53 Å². The molecule has 0 saturated heterocycles. The zero-order chi connectivity index (χ0) is 16.9. The van der Waals surface area contributed by atoms with Crippen LogP contribution in [-0.4, -0.2) is 32.6 Å². The number of tetrazole rings is 1. The van der Waals surface area contributed by atoms with E-state index in [2.05, 4.69) is 15.5 Å². The lowest BCUT2D eigenvalue weighted by molar-refractivity contribution is 0.0889. The number of ketones is 1. The van der Waals surface area contributed by atoms with Crippen molar-refractivity contribution in [2.45, 2.75) is 38.6 Å². The van der Waals surface area contributed by atoms with Gasteiger partial charge in [0.25, 0.3) is 0 Å². The molecule has 0 radical (unpaired) electrons. The van der Waals surface area contributed by atoms with E-state index in [0.717, 1.165) is 25.7 Å². The van der Waals surface area contributed by atoms with Gasteiger partial charge in [-0.15, -0.1) is 5.10 Å². The van der Waals surface area contributed by atoms with E-state index in [4.69, 9.17) is 27.9 Å². The van der Waals surface area contributed by atoms with E-state index in [-0.39, 0.29) is 16.7 Å². The Morgan fingerprint density at radius 1 is 1.25 bits per heavy atom. The van der Waals surface area contributed by atoms with Crippen LogP contribution in [0.1, 0.15) is 42.5 Å². The first-order chi connectivity index (χ1) is 11.7. The second kappa shape index (κ2) is 7.94. The van der Waals surface area contributed by atoms with Gasteiger partial charge in [0, 0.05) is 11.5 Å². The lowest BCUT2D eigenvalue weighted by Gasteiger charge is -2.21. The number of ether oxygens (including phenoxy) is 1. The van der Waals surface area contributed by atoms with Crippen LogP contribution in [0.25, 0.3) is 0 Å². The van der Waals surface area contributed by atoms with Crippen molar-refractivity contribution in [3.63, 3.8) is 0 Å². The first kappa shape index (κ1) is 17.2. The zero-order valence-corrected chi connectivity index (χ0v) is 14.6. The van der Waals surface area contributed by atoms with Crippen LogP contribution in [0.2, 0.25) is 10.0 Å². The number of Topliss-reactive ketones (excluding diaryl/α,β-unsaturated/α-hetero) is 1. The number of halogens is 2. The summed E-state index contributed by atoms with van der Waals surface area (Å²) in [6, 6.07) is 3.35. The molecule has 1 aromatic heterocycles. The highest BCUT2D eigenvalue weighted by molar-refractivity contribution is 6.39. The summed E-state index contributed by atoms with van der Waals surface area (Å²) in [7, 11) is 0. The van der Waals surface area contributed by atoms with Crippen LogP contribution < -0.4 is 4.74 Å². The summed E-state index contributed by atoms with van der Waals surface area (Å²) in [4.78, 5) is 12.7. The molecule has 1 heterocycles. The quantitative estimate of drug-likeness (QED) is 0.724. The molecule has 128 valence electrons. The van der Waals surface area contributed by atoms with Gasteiger partial charge in [-0.05, 0) is 35.4 Å². The normalized spacial score (nSPS) is 15.4. The Balaban J connectivity index is 1.73. The van der Waals surface area contributed by atoms with Crippen LogP contribution in [0.15, 0.2) is 18.5 Å². The molecule has 0 aliphatic heterocycles. The average molecular weight is 369 g/mol. The number of hydrogen-bond acceptors (Lipinski definition) is 5. The number of rotatable bonds is 6. The fraction of sp³-hybridized carbons (Fsp3) is 0.500. The second-order valence-corrected chi connectivity index (χ2v) is 6.64. The van der Waals surface area contributed by atoms with Gasteiger partial charge in [0.05, 0.1) is 16.6 Å². The number of carbonyl (C=O) groups excluding carboxylic acids is 1. The maximum Gasteiger partial charge on any atom is 0.167 e. The molecular formula is C16H18Cl2N4O2. The van der Waals surface area contributed by atoms with E-state index in [9.17, 15) is 4.79 Å². The van der Waals surface area contributed by atoms with Crippen LogP contribution in [0.4, 0.5) is 0 Å². The third-order valence-corrected chi connectivity index (χ3v) is 4.92. The SMILES string of the molecule is O=C(c1ccc(Cl)c(OCCn2cnnn2)c1Cl)C1CCCCC1. The van der Waals surface area contributed by atoms with Crippen molar-refractivity contribution in [3.8, 4) is 5.75 Å². The fourth-order valence-corrected chi connectivity index (χ4v) is 3.54. The van der Waals surface area contributed by atoms with E-state index >= 15 is 0 Å². The van der Waals surface area contributed by atoms with Gasteiger partial charge < -0.3 is 4.74 Å². The van der Waals surface area contributed by atoms with E-state index in [1.165, 1.54) is 12.7 Å². The number of aromatic nitrogens is 4. The number of hydrogen-bond donors (Lipinski definition) is 0. The third kappa shape index (κ3) is 3.87. The molecule has 0 spiro atoms. The largest absolute Gasteiger partial charge is 0.488 e. The van der Waals surface area contributed by atoms with Gasteiger partial charge in [-0.3, -0.25) is 4.79 Å². The Morgan fingerprint density at radius 2 is 2.04 bits per heavy atom. The predicted octanol–water partition coefficient (Wildman–Crippen LogP) is 3.82. The third-order valence-electron chi connectivity index (χ3n) is 4.25. The first-order valence-electron chi connectivity index (χ1n) is 8.02. The zero-order valence-electron chi connectivity index (χ0n) is 13.1. The van der Waals surface area contributed by atoms with E-state index in [1.807, 2.05) is 0 Å². The fourth-order valence-electron chi connectivity index (χ4n) is 2.96. The minimum absolute atomic E-state index is 0.0477. The molecule has 8 heteroatoms. The van der Waals surface area contributed by atoms with Gasteiger partial charge in [0.15, 0.2) is 11.5 Å². The summed E-state index contributed by atoms with van der Waals surface area (Å²) in [5.41, 5.74) is 0.491. The summed E-state index contributed by atoms with van der Waals surface area (Å²) in [5, 5.41) is 11.5. The van der Waals surface area contributed by atoms with Crippen LogP contribution >= 0.6 is 23.2 Å². The van der Waals surface area contributed by atoms with Crippen molar-refractivity contribution >= 4 is 29.0 Å². The van der Waals surface area contributed by atoms with E-state index in [1.54, 1.807) is 16.8 Å². The highest BCUT2D eigenvalue weighted by Crippen LogP contribution is 2.38. The van der Waals surface area contributed by atoms with Gasteiger partial charge in [0.1, 0.15) is 12.9 Å². The van der Waals surface area contributed by atoms with E-state index in [0.29, 0.717) is 29.5 Å². The lowest BCUT2D eigenvalue weighted by Crippen LogP contribution is -2.18.